The van der Waals surface area contributed by atoms with Crippen molar-refractivity contribution in [1.29, 1.82) is 0 Å². The van der Waals surface area contributed by atoms with E-state index in [-0.39, 0.29) is 35.8 Å². The number of aliphatic imine (C=N–C) groups is 1. The third kappa shape index (κ3) is 6.44. The summed E-state index contributed by atoms with van der Waals surface area (Å²) in [4.78, 5) is 24.5. The Hall–Kier alpha value is -1.39. The van der Waals surface area contributed by atoms with Gasteiger partial charge >= 0.3 is 0 Å². The van der Waals surface area contributed by atoms with E-state index in [1.165, 1.54) is 0 Å². The molecule has 142 valence electrons. The van der Waals surface area contributed by atoms with Crippen LogP contribution in [0.1, 0.15) is 45.3 Å². The number of rotatable bonds is 5. The molecule has 8 nitrogen and oxygen atoms in total. The Labute approximate surface area is 166 Å². The summed E-state index contributed by atoms with van der Waals surface area (Å²) in [6.45, 7) is 12.2. The molecule has 0 bridgehead atoms. The predicted octanol–water partition coefficient (Wildman–Crippen LogP) is 1.48. The molecule has 1 aromatic rings. The van der Waals surface area contributed by atoms with Crippen LogP contribution in [0.15, 0.2) is 9.52 Å². The van der Waals surface area contributed by atoms with Crippen LogP contribution in [-0.4, -0.2) is 71.1 Å². The summed E-state index contributed by atoms with van der Waals surface area (Å²) < 4.78 is 5.25. The van der Waals surface area contributed by atoms with Gasteiger partial charge in [0.05, 0.1) is 6.54 Å². The highest BCUT2D eigenvalue weighted by atomic mass is 127. The molecule has 0 radical (unpaired) electrons. The highest BCUT2D eigenvalue weighted by molar-refractivity contribution is 14.0. The molecule has 25 heavy (non-hydrogen) atoms. The molecule has 0 unspecified atom stereocenters. The summed E-state index contributed by atoms with van der Waals surface area (Å²) in [5, 5.41) is 7.28. The van der Waals surface area contributed by atoms with Gasteiger partial charge in [0.1, 0.15) is 0 Å². The lowest BCUT2D eigenvalue weighted by Crippen LogP contribution is -2.53. The third-order valence-corrected chi connectivity index (χ3v) is 3.95. The number of nitrogens with one attached hydrogen (secondary N) is 1. The van der Waals surface area contributed by atoms with Gasteiger partial charge in [-0.15, -0.1) is 24.0 Å². The van der Waals surface area contributed by atoms with E-state index in [1.807, 2.05) is 25.7 Å². The molecule has 1 saturated heterocycles. The largest absolute Gasteiger partial charge is 0.357 e. The fraction of sp³-hybridized carbons (Fsp3) is 0.750. The van der Waals surface area contributed by atoms with Gasteiger partial charge in [0.15, 0.2) is 11.8 Å². The van der Waals surface area contributed by atoms with Crippen molar-refractivity contribution in [3.63, 3.8) is 0 Å². The van der Waals surface area contributed by atoms with Crippen molar-refractivity contribution in [2.75, 3.05) is 39.3 Å². The number of halogens is 1. The molecule has 1 N–H and O–H groups in total. The minimum atomic E-state index is 0. The fourth-order valence-corrected chi connectivity index (χ4v) is 2.52. The summed E-state index contributed by atoms with van der Waals surface area (Å²) in [5.74, 6) is 2.64. The number of carbonyl (C=O) groups is 1. The van der Waals surface area contributed by atoms with Gasteiger partial charge < -0.3 is 19.6 Å². The minimum Gasteiger partial charge on any atom is -0.357 e. The van der Waals surface area contributed by atoms with Crippen LogP contribution in [0.25, 0.3) is 0 Å². The number of hydrogen-bond acceptors (Lipinski definition) is 5. The van der Waals surface area contributed by atoms with Gasteiger partial charge in [0, 0.05) is 52.0 Å². The van der Waals surface area contributed by atoms with Gasteiger partial charge in [-0.25, -0.2) is 0 Å². The third-order valence-electron chi connectivity index (χ3n) is 3.95. The van der Waals surface area contributed by atoms with E-state index in [0.717, 1.165) is 44.5 Å². The predicted molar refractivity (Wildman–Crippen MR) is 107 cm³/mol. The van der Waals surface area contributed by atoms with Crippen LogP contribution < -0.4 is 5.32 Å². The van der Waals surface area contributed by atoms with Crippen LogP contribution in [0.4, 0.5) is 0 Å². The fourth-order valence-electron chi connectivity index (χ4n) is 2.52. The zero-order valence-electron chi connectivity index (χ0n) is 15.5. The average Bonchev–Trinajstić information content (AvgIpc) is 3.03. The van der Waals surface area contributed by atoms with Gasteiger partial charge in [-0.05, 0) is 6.92 Å². The Bertz CT molecular complexity index is 567. The summed E-state index contributed by atoms with van der Waals surface area (Å²) in [5.41, 5.74) is 0. The molecular formula is C16H29IN6O2. The maximum absolute atomic E-state index is 11.4. The summed E-state index contributed by atoms with van der Waals surface area (Å²) >= 11 is 0. The van der Waals surface area contributed by atoms with Gasteiger partial charge in [0.2, 0.25) is 11.8 Å². The van der Waals surface area contributed by atoms with Crippen molar-refractivity contribution in [1.82, 2.24) is 25.3 Å². The van der Waals surface area contributed by atoms with Crippen LogP contribution in [0, 0.1) is 0 Å². The highest BCUT2D eigenvalue weighted by Crippen LogP contribution is 2.10. The number of carbonyl (C=O) groups excluding carboxylic acids is 1. The number of nitrogens with zero attached hydrogens (tertiary/aromatic N) is 5. The molecule has 9 heteroatoms. The first kappa shape index (κ1) is 21.7. The molecule has 0 atom stereocenters. The van der Waals surface area contributed by atoms with Crippen molar-refractivity contribution in [3.8, 4) is 0 Å². The molecule has 1 aliphatic rings. The first-order valence-corrected chi connectivity index (χ1v) is 8.62. The van der Waals surface area contributed by atoms with Crippen molar-refractivity contribution in [2.24, 2.45) is 4.99 Å². The molecule has 2 rings (SSSR count). The zero-order valence-corrected chi connectivity index (χ0v) is 17.8. The van der Waals surface area contributed by atoms with E-state index in [4.69, 9.17) is 4.52 Å². The second-order valence-electron chi connectivity index (χ2n) is 6.18. The van der Waals surface area contributed by atoms with E-state index in [1.54, 1.807) is 6.92 Å². The quantitative estimate of drug-likeness (QED) is 0.404. The van der Waals surface area contributed by atoms with Gasteiger partial charge in [0.25, 0.3) is 0 Å². The van der Waals surface area contributed by atoms with Crippen molar-refractivity contribution < 1.29 is 9.32 Å². The Morgan fingerprint density at radius 1 is 1.28 bits per heavy atom. The van der Waals surface area contributed by atoms with Crippen LogP contribution in [-0.2, 0) is 11.2 Å². The van der Waals surface area contributed by atoms with Gasteiger partial charge in [-0.2, -0.15) is 4.98 Å². The van der Waals surface area contributed by atoms with Crippen molar-refractivity contribution >= 4 is 35.8 Å². The van der Waals surface area contributed by atoms with E-state index >= 15 is 0 Å². The molecule has 0 aromatic carbocycles. The molecule has 1 aliphatic heterocycles. The van der Waals surface area contributed by atoms with E-state index in [2.05, 4.69) is 25.3 Å². The first-order valence-electron chi connectivity index (χ1n) is 8.62. The molecule has 0 saturated carbocycles. The minimum absolute atomic E-state index is 0. The number of amides is 1. The normalized spacial score (nSPS) is 15.3. The molecular weight excluding hydrogens is 435 g/mol. The lowest BCUT2D eigenvalue weighted by molar-refractivity contribution is -0.130. The lowest BCUT2D eigenvalue weighted by atomic mass is 10.2. The van der Waals surface area contributed by atoms with Crippen molar-refractivity contribution in [2.45, 2.75) is 40.0 Å². The topological polar surface area (TPSA) is 86.9 Å². The maximum atomic E-state index is 11.4. The zero-order chi connectivity index (χ0) is 17.5. The number of guanidine groups is 1. The van der Waals surface area contributed by atoms with Crippen LogP contribution in [0.3, 0.4) is 0 Å². The molecule has 0 spiro atoms. The van der Waals surface area contributed by atoms with Gasteiger partial charge in [-0.3, -0.25) is 9.79 Å². The lowest BCUT2D eigenvalue weighted by Gasteiger charge is -2.36. The summed E-state index contributed by atoms with van der Waals surface area (Å²) in [7, 11) is 0. The van der Waals surface area contributed by atoms with E-state index in [9.17, 15) is 4.79 Å². The Morgan fingerprint density at radius 2 is 1.92 bits per heavy atom. The number of hydrogen-bond donors (Lipinski definition) is 1. The Kier molecular flexibility index (Phi) is 9.15. The standard InChI is InChI=1S/C16H28N6O2.HI/c1-5-17-16(22-10-8-21(9-11-22)13(4)23)18-7-6-14-19-15(12(2)3)20-24-14;/h12H,5-11H2,1-4H3,(H,17,18);1H. The summed E-state index contributed by atoms with van der Waals surface area (Å²) in [6.07, 6.45) is 0.627. The highest BCUT2D eigenvalue weighted by Gasteiger charge is 2.20. The Morgan fingerprint density at radius 3 is 2.44 bits per heavy atom. The molecule has 1 amide bonds. The van der Waals surface area contributed by atoms with Crippen molar-refractivity contribution in [3.05, 3.63) is 11.7 Å². The second-order valence-corrected chi connectivity index (χ2v) is 6.18. The number of aromatic nitrogens is 2. The maximum Gasteiger partial charge on any atom is 0.228 e. The van der Waals surface area contributed by atoms with E-state index in [0.29, 0.717) is 18.9 Å². The SMILES string of the molecule is CCNC(=NCCc1nc(C(C)C)no1)N1CCN(C(C)=O)CC1.I. The monoisotopic (exact) mass is 464 g/mol. The van der Waals surface area contributed by atoms with Gasteiger partial charge in [-0.1, -0.05) is 19.0 Å². The Balaban J connectivity index is 0.00000312. The molecule has 1 fully saturated rings. The molecule has 1 aromatic heterocycles. The van der Waals surface area contributed by atoms with Crippen LogP contribution in [0.2, 0.25) is 0 Å². The second kappa shape index (κ2) is 10.6. The van der Waals surface area contributed by atoms with Crippen LogP contribution >= 0.6 is 24.0 Å². The van der Waals surface area contributed by atoms with Crippen LogP contribution in [0.5, 0.6) is 0 Å². The molecule has 2 heterocycles. The number of piperazine rings is 1. The van der Waals surface area contributed by atoms with E-state index < -0.39 is 0 Å². The molecule has 0 aliphatic carbocycles. The average molecular weight is 464 g/mol. The first-order chi connectivity index (χ1) is 11.5. The smallest absolute Gasteiger partial charge is 0.228 e. The summed E-state index contributed by atoms with van der Waals surface area (Å²) in [6, 6.07) is 0.